The van der Waals surface area contributed by atoms with Gasteiger partial charge < -0.3 is 14.6 Å². The average molecular weight is 389 g/mol. The first kappa shape index (κ1) is 20.3. The maximum Gasteiger partial charge on any atom is 0.408 e. The fourth-order valence-electron chi connectivity index (χ4n) is 3.78. The van der Waals surface area contributed by atoms with Crippen LogP contribution in [0.15, 0.2) is 28.8 Å². The predicted octanol–water partition coefficient (Wildman–Crippen LogP) is 5.06. The summed E-state index contributed by atoms with van der Waals surface area (Å²) < 4.78 is 24.1. The van der Waals surface area contributed by atoms with Crippen LogP contribution >= 0.6 is 0 Å². The Morgan fingerprint density at radius 3 is 2.50 bits per heavy atom. The smallest absolute Gasteiger partial charge is 0.408 e. The molecule has 0 bridgehead atoms. The van der Waals surface area contributed by atoms with Crippen molar-refractivity contribution in [3.05, 3.63) is 36.0 Å². The van der Waals surface area contributed by atoms with E-state index in [2.05, 4.69) is 29.3 Å². The lowest BCUT2D eigenvalue weighted by Gasteiger charge is -2.41. The number of halogens is 1. The lowest BCUT2D eigenvalue weighted by molar-refractivity contribution is 0.0368. The number of alkyl carbamates (subject to hydrolysis) is 1. The molecule has 6 nitrogen and oxygen atoms in total. The van der Waals surface area contributed by atoms with E-state index in [4.69, 9.17) is 9.26 Å². The van der Waals surface area contributed by atoms with Crippen molar-refractivity contribution >= 4 is 6.09 Å². The molecule has 0 aliphatic heterocycles. The van der Waals surface area contributed by atoms with Crippen molar-refractivity contribution in [1.29, 1.82) is 0 Å². The monoisotopic (exact) mass is 389 g/mol. The van der Waals surface area contributed by atoms with Crippen LogP contribution in [0.3, 0.4) is 0 Å². The minimum atomic E-state index is -0.556. The van der Waals surface area contributed by atoms with Crippen LogP contribution in [0.1, 0.15) is 66.2 Å². The zero-order valence-corrected chi connectivity index (χ0v) is 17.3. The molecule has 1 aliphatic carbocycles. The molecule has 0 unspecified atom stereocenters. The quantitative estimate of drug-likeness (QED) is 0.794. The summed E-state index contributed by atoms with van der Waals surface area (Å²) in [7, 11) is 0. The molecule has 1 heterocycles. The molecular formula is C21H28FN3O3. The zero-order chi connectivity index (χ0) is 20.7. The van der Waals surface area contributed by atoms with E-state index in [1.165, 1.54) is 12.1 Å². The summed E-state index contributed by atoms with van der Waals surface area (Å²) in [5.74, 6) is 0.626. The second-order valence-electron chi connectivity index (χ2n) is 9.24. The van der Waals surface area contributed by atoms with Gasteiger partial charge in [-0.1, -0.05) is 19.0 Å². The highest BCUT2D eigenvalue weighted by Crippen LogP contribution is 2.54. The van der Waals surface area contributed by atoms with Gasteiger partial charge in [-0.05, 0) is 70.2 Å². The SMILES string of the molecule is CC(C)(C)OC(=O)N[C@]1(C)CC[C@H](c2nc(-c3ccc(F)cc3)no2)C1(C)C. The van der Waals surface area contributed by atoms with Gasteiger partial charge in [0.2, 0.25) is 11.7 Å². The third-order valence-electron chi connectivity index (χ3n) is 5.85. The van der Waals surface area contributed by atoms with E-state index in [0.29, 0.717) is 17.3 Å². The van der Waals surface area contributed by atoms with Crippen molar-refractivity contribution in [2.24, 2.45) is 5.41 Å². The Labute approximate surface area is 164 Å². The van der Waals surface area contributed by atoms with Crippen LogP contribution in [0.5, 0.6) is 0 Å². The van der Waals surface area contributed by atoms with Gasteiger partial charge in [-0.15, -0.1) is 0 Å². The number of aromatic nitrogens is 2. The number of hydrogen-bond donors (Lipinski definition) is 1. The van der Waals surface area contributed by atoms with Crippen molar-refractivity contribution < 1.29 is 18.4 Å². The molecule has 7 heteroatoms. The fraction of sp³-hybridized carbons (Fsp3) is 0.571. The highest BCUT2D eigenvalue weighted by molar-refractivity contribution is 5.69. The minimum Gasteiger partial charge on any atom is -0.444 e. The third kappa shape index (κ3) is 3.88. The summed E-state index contributed by atoms with van der Waals surface area (Å²) in [5.41, 5.74) is -0.679. The van der Waals surface area contributed by atoms with Crippen LogP contribution in [0.25, 0.3) is 11.4 Å². The first-order valence-corrected chi connectivity index (χ1v) is 9.52. The van der Waals surface area contributed by atoms with Gasteiger partial charge in [0.1, 0.15) is 11.4 Å². The molecule has 0 spiro atoms. The van der Waals surface area contributed by atoms with E-state index in [0.717, 1.165) is 12.8 Å². The van der Waals surface area contributed by atoms with E-state index in [9.17, 15) is 9.18 Å². The number of carbonyl (C=O) groups is 1. The largest absolute Gasteiger partial charge is 0.444 e. The highest BCUT2D eigenvalue weighted by atomic mass is 19.1. The Bertz CT molecular complexity index is 855. The second-order valence-corrected chi connectivity index (χ2v) is 9.24. The number of hydrogen-bond acceptors (Lipinski definition) is 5. The lowest BCUT2D eigenvalue weighted by Crippen LogP contribution is -2.54. The summed E-state index contributed by atoms with van der Waals surface area (Å²) in [5, 5.41) is 7.12. The van der Waals surface area contributed by atoms with Crippen molar-refractivity contribution in [3.63, 3.8) is 0 Å². The predicted molar refractivity (Wildman–Crippen MR) is 103 cm³/mol. The van der Waals surface area contributed by atoms with Gasteiger partial charge >= 0.3 is 6.09 Å². The van der Waals surface area contributed by atoms with Gasteiger partial charge in [-0.2, -0.15) is 4.98 Å². The zero-order valence-electron chi connectivity index (χ0n) is 17.3. The van der Waals surface area contributed by atoms with E-state index < -0.39 is 17.2 Å². The van der Waals surface area contributed by atoms with E-state index in [1.807, 2.05) is 27.7 Å². The van der Waals surface area contributed by atoms with Crippen LogP contribution in [-0.2, 0) is 4.74 Å². The van der Waals surface area contributed by atoms with E-state index in [1.54, 1.807) is 12.1 Å². The normalized spacial score (nSPS) is 24.2. The molecule has 3 rings (SSSR count). The van der Waals surface area contributed by atoms with Gasteiger partial charge in [-0.3, -0.25) is 0 Å². The van der Waals surface area contributed by atoms with Gasteiger partial charge in [-0.25, -0.2) is 9.18 Å². The Hall–Kier alpha value is -2.44. The lowest BCUT2D eigenvalue weighted by atomic mass is 9.71. The first-order valence-electron chi connectivity index (χ1n) is 9.52. The molecule has 1 amide bonds. The Morgan fingerprint density at radius 1 is 1.25 bits per heavy atom. The molecule has 2 atom stereocenters. The Morgan fingerprint density at radius 2 is 1.89 bits per heavy atom. The van der Waals surface area contributed by atoms with Gasteiger partial charge in [0.25, 0.3) is 0 Å². The van der Waals surface area contributed by atoms with Crippen LogP contribution in [0.2, 0.25) is 0 Å². The number of benzene rings is 1. The molecule has 1 fully saturated rings. The molecule has 1 saturated carbocycles. The summed E-state index contributed by atoms with van der Waals surface area (Å²) >= 11 is 0. The molecule has 1 aromatic carbocycles. The molecule has 28 heavy (non-hydrogen) atoms. The summed E-state index contributed by atoms with van der Waals surface area (Å²) in [6.07, 6.45) is 1.13. The van der Waals surface area contributed by atoms with Gasteiger partial charge in [0.05, 0.1) is 0 Å². The Balaban J connectivity index is 1.79. The minimum absolute atomic E-state index is 0.0193. The molecule has 152 valence electrons. The van der Waals surface area contributed by atoms with Crippen molar-refractivity contribution in [1.82, 2.24) is 15.5 Å². The maximum absolute atomic E-state index is 13.1. The number of nitrogens with one attached hydrogen (secondary N) is 1. The van der Waals surface area contributed by atoms with Gasteiger partial charge in [0, 0.05) is 17.0 Å². The number of carbonyl (C=O) groups excluding carboxylic acids is 1. The molecule has 0 radical (unpaired) electrons. The third-order valence-corrected chi connectivity index (χ3v) is 5.85. The van der Waals surface area contributed by atoms with Crippen LogP contribution in [0.4, 0.5) is 9.18 Å². The summed E-state index contributed by atoms with van der Waals surface area (Å²) in [4.78, 5) is 16.9. The summed E-state index contributed by atoms with van der Waals surface area (Å²) in [6.45, 7) is 11.7. The van der Waals surface area contributed by atoms with Crippen LogP contribution in [0, 0.1) is 11.2 Å². The second kappa shape index (κ2) is 6.87. The van der Waals surface area contributed by atoms with E-state index in [-0.39, 0.29) is 17.2 Å². The average Bonchev–Trinajstić information content (AvgIpc) is 3.10. The molecule has 1 N–H and O–H groups in total. The molecule has 1 aromatic heterocycles. The fourth-order valence-corrected chi connectivity index (χ4v) is 3.78. The standard InChI is InChI=1S/C21H28FN3O3/c1-19(2,3)27-18(26)24-21(6)12-11-15(20(21,4)5)17-23-16(25-28-17)13-7-9-14(22)10-8-13/h7-10,15H,11-12H2,1-6H3,(H,24,26)/t15-,21-/m1/s1. The maximum atomic E-state index is 13.1. The van der Waals surface area contributed by atoms with Crippen molar-refractivity contribution in [3.8, 4) is 11.4 Å². The highest BCUT2D eigenvalue weighted by Gasteiger charge is 2.55. The number of nitrogens with zero attached hydrogens (tertiary/aromatic N) is 2. The van der Waals surface area contributed by atoms with Crippen molar-refractivity contribution in [2.45, 2.75) is 71.4 Å². The molecule has 0 saturated heterocycles. The molecule has 2 aromatic rings. The van der Waals surface area contributed by atoms with Gasteiger partial charge in [0.15, 0.2) is 0 Å². The van der Waals surface area contributed by atoms with Crippen molar-refractivity contribution in [2.75, 3.05) is 0 Å². The number of amides is 1. The molecule has 1 aliphatic rings. The van der Waals surface area contributed by atoms with Crippen LogP contribution < -0.4 is 5.32 Å². The Kier molecular flexibility index (Phi) is 4.98. The molecular weight excluding hydrogens is 361 g/mol. The number of ether oxygens (including phenoxy) is 1. The van der Waals surface area contributed by atoms with E-state index >= 15 is 0 Å². The summed E-state index contributed by atoms with van der Waals surface area (Å²) in [6, 6.07) is 5.98. The first-order chi connectivity index (χ1) is 12.9. The number of rotatable bonds is 3. The van der Waals surface area contributed by atoms with Crippen LogP contribution in [-0.4, -0.2) is 27.4 Å². The topological polar surface area (TPSA) is 77.2 Å².